The summed E-state index contributed by atoms with van der Waals surface area (Å²) in [5.41, 5.74) is 0.593. The summed E-state index contributed by atoms with van der Waals surface area (Å²) in [6, 6.07) is 10.1. The lowest BCUT2D eigenvalue weighted by atomic mass is 10.1. The van der Waals surface area contributed by atoms with Crippen LogP contribution in [0.5, 0.6) is 5.75 Å². The summed E-state index contributed by atoms with van der Waals surface area (Å²) in [5.74, 6) is 1.36. The van der Waals surface area contributed by atoms with Gasteiger partial charge in [0.1, 0.15) is 5.75 Å². The third-order valence-corrected chi connectivity index (χ3v) is 3.99. The van der Waals surface area contributed by atoms with Crippen LogP contribution >= 0.6 is 0 Å². The zero-order chi connectivity index (χ0) is 19.9. The summed E-state index contributed by atoms with van der Waals surface area (Å²) in [6.07, 6.45) is 2.30. The molecule has 0 unspecified atom stereocenters. The SMILES string of the molecule is CCCN(Cc1nnc(-c2ccco2)o1)C(=O)COc1ccc(C(C)=O)cc1. The molecule has 0 fully saturated rings. The molecular weight excluding hydrogens is 362 g/mol. The number of ketones is 1. The van der Waals surface area contributed by atoms with E-state index in [0.29, 0.717) is 29.5 Å². The molecule has 8 nitrogen and oxygen atoms in total. The number of rotatable bonds is 9. The second kappa shape index (κ2) is 8.98. The maximum atomic E-state index is 12.6. The molecular formula is C20H21N3O5. The molecule has 0 aliphatic heterocycles. The van der Waals surface area contributed by atoms with E-state index in [1.165, 1.54) is 13.2 Å². The van der Waals surface area contributed by atoms with Gasteiger partial charge in [-0.25, -0.2) is 0 Å². The topological polar surface area (TPSA) is 98.7 Å². The smallest absolute Gasteiger partial charge is 0.283 e. The Bertz CT molecular complexity index is 916. The van der Waals surface area contributed by atoms with Crippen LogP contribution in [0, 0.1) is 0 Å². The Hall–Kier alpha value is -3.42. The van der Waals surface area contributed by atoms with Crippen molar-refractivity contribution in [1.82, 2.24) is 15.1 Å². The highest BCUT2D eigenvalue weighted by Crippen LogP contribution is 2.19. The first-order chi connectivity index (χ1) is 13.6. The zero-order valence-corrected chi connectivity index (χ0v) is 15.8. The predicted molar refractivity (Wildman–Crippen MR) is 99.6 cm³/mol. The van der Waals surface area contributed by atoms with Gasteiger partial charge in [-0.2, -0.15) is 0 Å². The van der Waals surface area contributed by atoms with Gasteiger partial charge >= 0.3 is 0 Å². The van der Waals surface area contributed by atoms with E-state index in [9.17, 15) is 9.59 Å². The lowest BCUT2D eigenvalue weighted by Crippen LogP contribution is -2.35. The van der Waals surface area contributed by atoms with Crippen molar-refractivity contribution >= 4 is 11.7 Å². The first-order valence-corrected chi connectivity index (χ1v) is 8.94. The highest BCUT2D eigenvalue weighted by atomic mass is 16.5. The Labute approximate surface area is 162 Å². The van der Waals surface area contributed by atoms with Gasteiger partial charge in [-0.3, -0.25) is 9.59 Å². The summed E-state index contributed by atoms with van der Waals surface area (Å²) in [6.45, 7) is 4.07. The molecule has 1 amide bonds. The Morgan fingerprint density at radius 3 is 2.57 bits per heavy atom. The number of carbonyl (C=O) groups is 2. The zero-order valence-electron chi connectivity index (χ0n) is 15.8. The van der Waals surface area contributed by atoms with Crippen LogP contribution in [0.4, 0.5) is 0 Å². The van der Waals surface area contributed by atoms with Crippen molar-refractivity contribution < 1.29 is 23.2 Å². The fourth-order valence-corrected chi connectivity index (χ4v) is 2.56. The largest absolute Gasteiger partial charge is 0.484 e. The molecule has 0 N–H and O–H groups in total. The predicted octanol–water partition coefficient (Wildman–Crippen LogP) is 3.35. The van der Waals surface area contributed by atoms with Crippen molar-refractivity contribution in [3.63, 3.8) is 0 Å². The standard InChI is InChI=1S/C20H21N3O5/c1-3-10-23(12-18-21-22-20(28-18)17-5-4-11-26-17)19(25)13-27-16-8-6-15(7-9-16)14(2)24/h4-9,11H,3,10,12-13H2,1-2H3. The molecule has 146 valence electrons. The Kier molecular flexibility index (Phi) is 6.21. The summed E-state index contributed by atoms with van der Waals surface area (Å²) >= 11 is 0. The maximum Gasteiger partial charge on any atom is 0.283 e. The molecule has 0 spiro atoms. The lowest BCUT2D eigenvalue weighted by molar-refractivity contribution is -0.134. The van der Waals surface area contributed by atoms with Gasteiger partial charge in [0.25, 0.3) is 11.8 Å². The monoisotopic (exact) mass is 383 g/mol. The average molecular weight is 383 g/mol. The van der Waals surface area contributed by atoms with Gasteiger partial charge in [0.05, 0.1) is 12.8 Å². The first-order valence-electron chi connectivity index (χ1n) is 8.94. The highest BCUT2D eigenvalue weighted by Gasteiger charge is 2.18. The highest BCUT2D eigenvalue weighted by molar-refractivity contribution is 5.94. The normalized spacial score (nSPS) is 10.6. The minimum Gasteiger partial charge on any atom is -0.484 e. The minimum absolute atomic E-state index is 0.0229. The molecule has 0 bridgehead atoms. The quantitative estimate of drug-likeness (QED) is 0.523. The van der Waals surface area contributed by atoms with Crippen molar-refractivity contribution in [2.75, 3.05) is 13.2 Å². The van der Waals surface area contributed by atoms with E-state index >= 15 is 0 Å². The fourth-order valence-electron chi connectivity index (χ4n) is 2.56. The van der Waals surface area contributed by atoms with Gasteiger partial charge in [-0.15, -0.1) is 10.2 Å². The maximum absolute atomic E-state index is 12.6. The molecule has 0 radical (unpaired) electrons. The average Bonchev–Trinajstić information content (AvgIpc) is 3.37. The summed E-state index contributed by atoms with van der Waals surface area (Å²) in [7, 11) is 0. The van der Waals surface area contributed by atoms with E-state index in [2.05, 4.69) is 10.2 Å². The Morgan fingerprint density at radius 2 is 1.93 bits per heavy atom. The molecule has 3 rings (SSSR count). The molecule has 0 atom stereocenters. The van der Waals surface area contributed by atoms with E-state index < -0.39 is 0 Å². The van der Waals surface area contributed by atoms with Crippen molar-refractivity contribution in [2.45, 2.75) is 26.8 Å². The first kappa shape index (κ1) is 19.3. The van der Waals surface area contributed by atoms with Crippen LogP contribution in [0.25, 0.3) is 11.7 Å². The van der Waals surface area contributed by atoms with Gasteiger partial charge in [-0.05, 0) is 49.7 Å². The van der Waals surface area contributed by atoms with Gasteiger partial charge in [0, 0.05) is 12.1 Å². The third kappa shape index (κ3) is 4.85. The molecule has 0 saturated carbocycles. The van der Waals surface area contributed by atoms with Crippen LogP contribution in [0.3, 0.4) is 0 Å². The van der Waals surface area contributed by atoms with Crippen LogP contribution in [0.15, 0.2) is 51.5 Å². The van der Waals surface area contributed by atoms with E-state index in [0.717, 1.165) is 6.42 Å². The van der Waals surface area contributed by atoms with Crippen LogP contribution in [0.1, 0.15) is 36.5 Å². The fraction of sp³-hybridized carbons (Fsp3) is 0.300. The number of Topliss-reactive ketones (excluding diaryl/α,β-unsaturated/α-hetero) is 1. The summed E-state index contributed by atoms with van der Waals surface area (Å²) < 4.78 is 16.3. The third-order valence-electron chi connectivity index (χ3n) is 3.99. The molecule has 1 aromatic carbocycles. The van der Waals surface area contributed by atoms with Crippen LogP contribution < -0.4 is 4.74 Å². The second-order valence-electron chi connectivity index (χ2n) is 6.16. The lowest BCUT2D eigenvalue weighted by Gasteiger charge is -2.20. The number of aromatic nitrogens is 2. The number of furan rings is 1. The van der Waals surface area contributed by atoms with Crippen molar-refractivity contribution in [3.8, 4) is 17.4 Å². The van der Waals surface area contributed by atoms with Crippen LogP contribution in [-0.2, 0) is 11.3 Å². The summed E-state index contributed by atoms with van der Waals surface area (Å²) in [5, 5.41) is 7.92. The number of nitrogens with zero attached hydrogens (tertiary/aromatic N) is 3. The number of ether oxygens (including phenoxy) is 1. The number of amides is 1. The Balaban J connectivity index is 1.59. The number of hydrogen-bond donors (Lipinski definition) is 0. The molecule has 28 heavy (non-hydrogen) atoms. The van der Waals surface area contributed by atoms with Gasteiger partial charge in [-0.1, -0.05) is 6.92 Å². The molecule has 8 heteroatoms. The molecule has 2 heterocycles. The molecule has 2 aromatic heterocycles. The van der Waals surface area contributed by atoms with Crippen molar-refractivity contribution in [3.05, 3.63) is 54.1 Å². The molecule has 3 aromatic rings. The van der Waals surface area contributed by atoms with Gasteiger partial charge in [0.15, 0.2) is 18.2 Å². The molecule has 0 saturated heterocycles. The Morgan fingerprint density at radius 1 is 1.14 bits per heavy atom. The van der Waals surface area contributed by atoms with E-state index in [1.807, 2.05) is 6.92 Å². The number of hydrogen-bond acceptors (Lipinski definition) is 7. The van der Waals surface area contributed by atoms with E-state index in [-0.39, 0.29) is 30.7 Å². The molecule has 0 aliphatic carbocycles. The van der Waals surface area contributed by atoms with E-state index in [4.69, 9.17) is 13.6 Å². The van der Waals surface area contributed by atoms with Crippen LogP contribution in [0.2, 0.25) is 0 Å². The van der Waals surface area contributed by atoms with Crippen molar-refractivity contribution in [1.29, 1.82) is 0 Å². The number of carbonyl (C=O) groups excluding carboxylic acids is 2. The van der Waals surface area contributed by atoms with Gasteiger partial charge < -0.3 is 18.5 Å². The van der Waals surface area contributed by atoms with Gasteiger partial charge in [0.2, 0.25) is 5.89 Å². The van der Waals surface area contributed by atoms with Crippen LogP contribution in [-0.4, -0.2) is 39.9 Å². The summed E-state index contributed by atoms with van der Waals surface area (Å²) in [4.78, 5) is 25.5. The minimum atomic E-state index is -0.199. The second-order valence-corrected chi connectivity index (χ2v) is 6.16. The van der Waals surface area contributed by atoms with E-state index in [1.54, 1.807) is 41.3 Å². The number of benzene rings is 1. The molecule has 0 aliphatic rings. The van der Waals surface area contributed by atoms with Crippen molar-refractivity contribution in [2.24, 2.45) is 0 Å².